The Bertz CT molecular complexity index is 607. The van der Waals surface area contributed by atoms with E-state index in [0.717, 1.165) is 5.56 Å². The maximum Gasteiger partial charge on any atom is 0.241 e. The van der Waals surface area contributed by atoms with Crippen LogP contribution in [0, 0.1) is 20.8 Å². The molecule has 4 N–H and O–H groups in total. The summed E-state index contributed by atoms with van der Waals surface area (Å²) in [5.74, 6) is 0. The molecule has 20 heavy (non-hydrogen) atoms. The number of hydrogen-bond donors (Lipinski definition) is 3. The Morgan fingerprint density at radius 3 is 2.35 bits per heavy atom. The van der Waals surface area contributed by atoms with Crippen molar-refractivity contribution in [1.29, 1.82) is 0 Å². The maximum atomic E-state index is 12.4. The summed E-state index contributed by atoms with van der Waals surface area (Å²) in [6.07, 6.45) is 0.462. The van der Waals surface area contributed by atoms with E-state index in [1.165, 1.54) is 0 Å². The lowest BCUT2D eigenvalue weighted by Gasteiger charge is -2.22. The van der Waals surface area contributed by atoms with Crippen molar-refractivity contribution in [2.45, 2.75) is 51.5 Å². The number of rotatable bonds is 5. The molecule has 0 bridgehead atoms. The number of anilines is 1. The van der Waals surface area contributed by atoms with E-state index >= 15 is 0 Å². The molecule has 1 rings (SSSR count). The Kier molecular flexibility index (Phi) is 4.84. The van der Waals surface area contributed by atoms with E-state index in [4.69, 9.17) is 5.73 Å². The fourth-order valence-corrected chi connectivity index (χ4v) is 3.68. The second-order valence-electron chi connectivity index (χ2n) is 5.55. The van der Waals surface area contributed by atoms with Crippen LogP contribution in [0.2, 0.25) is 0 Å². The summed E-state index contributed by atoms with van der Waals surface area (Å²) in [5.41, 5.74) is 7.39. The van der Waals surface area contributed by atoms with Gasteiger partial charge in [-0.15, -0.1) is 0 Å². The Hall–Kier alpha value is -1.11. The van der Waals surface area contributed by atoms with Gasteiger partial charge >= 0.3 is 0 Å². The lowest BCUT2D eigenvalue weighted by molar-refractivity contribution is 0.0613. The lowest BCUT2D eigenvalue weighted by atomic mass is 10.1. The predicted octanol–water partition coefficient (Wildman–Crippen LogP) is 1.63. The Morgan fingerprint density at radius 1 is 1.30 bits per heavy atom. The summed E-state index contributed by atoms with van der Waals surface area (Å²) in [5, 5.41) is 9.92. The fourth-order valence-electron chi connectivity index (χ4n) is 2.04. The second-order valence-corrected chi connectivity index (χ2v) is 7.26. The summed E-state index contributed by atoms with van der Waals surface area (Å²) < 4.78 is 27.3. The molecule has 0 amide bonds. The van der Waals surface area contributed by atoms with Crippen LogP contribution in [0.1, 0.15) is 37.0 Å². The molecular formula is C14H24N2O3S. The summed E-state index contributed by atoms with van der Waals surface area (Å²) in [4.78, 5) is 0.201. The number of aliphatic hydroxyl groups is 1. The first kappa shape index (κ1) is 16.9. The maximum absolute atomic E-state index is 12.4. The fraction of sp³-hybridized carbons (Fsp3) is 0.571. The van der Waals surface area contributed by atoms with Crippen molar-refractivity contribution >= 4 is 15.7 Å². The molecule has 6 heteroatoms. The normalized spacial score (nSPS) is 15.1. The van der Waals surface area contributed by atoms with Crippen LogP contribution >= 0.6 is 0 Å². The molecule has 0 saturated carbocycles. The van der Waals surface area contributed by atoms with Crippen LogP contribution < -0.4 is 10.5 Å². The molecule has 0 spiro atoms. The first-order valence-corrected chi connectivity index (χ1v) is 8.08. The highest BCUT2D eigenvalue weighted by molar-refractivity contribution is 7.89. The minimum absolute atomic E-state index is 0.0293. The summed E-state index contributed by atoms with van der Waals surface area (Å²) in [7, 11) is -3.69. The highest BCUT2D eigenvalue weighted by atomic mass is 32.2. The van der Waals surface area contributed by atoms with E-state index in [0.29, 0.717) is 23.2 Å². The molecule has 0 aromatic heterocycles. The zero-order chi connectivity index (χ0) is 15.7. The van der Waals surface area contributed by atoms with Crippen molar-refractivity contribution < 1.29 is 13.5 Å². The van der Waals surface area contributed by atoms with Crippen molar-refractivity contribution in [3.63, 3.8) is 0 Å². The Morgan fingerprint density at radius 2 is 1.85 bits per heavy atom. The third-order valence-electron chi connectivity index (χ3n) is 3.63. The summed E-state index contributed by atoms with van der Waals surface area (Å²) in [6.45, 7) is 8.65. The molecule has 0 radical (unpaired) electrons. The van der Waals surface area contributed by atoms with Crippen molar-refractivity contribution in [2.24, 2.45) is 0 Å². The molecule has 1 aromatic rings. The number of hydrogen-bond acceptors (Lipinski definition) is 4. The molecule has 0 saturated heterocycles. The van der Waals surface area contributed by atoms with Gasteiger partial charge in [0.2, 0.25) is 10.0 Å². The lowest BCUT2D eigenvalue weighted by Crippen LogP contribution is -2.40. The van der Waals surface area contributed by atoms with E-state index in [9.17, 15) is 13.5 Å². The number of nitrogen functional groups attached to an aromatic ring is 1. The minimum Gasteiger partial charge on any atom is -0.398 e. The van der Waals surface area contributed by atoms with Crippen molar-refractivity contribution in [1.82, 2.24) is 4.72 Å². The standard InChI is InChI=1S/C14H24N2O3S/c1-6-14(5,17)8-16-20(18,19)13-10(3)7-9(2)12(15)11(13)4/h7,16-17H,6,8,15H2,1-5H3. The van der Waals surface area contributed by atoms with Gasteiger partial charge in [0.25, 0.3) is 0 Å². The van der Waals surface area contributed by atoms with Crippen LogP contribution in [-0.4, -0.2) is 25.7 Å². The van der Waals surface area contributed by atoms with E-state index in [2.05, 4.69) is 4.72 Å². The highest BCUT2D eigenvalue weighted by Crippen LogP contribution is 2.28. The molecule has 5 nitrogen and oxygen atoms in total. The van der Waals surface area contributed by atoms with Crippen LogP contribution in [0.25, 0.3) is 0 Å². The van der Waals surface area contributed by atoms with Crippen molar-refractivity contribution in [3.8, 4) is 0 Å². The van der Waals surface area contributed by atoms with E-state index < -0.39 is 15.6 Å². The van der Waals surface area contributed by atoms with Crippen LogP contribution in [0.4, 0.5) is 5.69 Å². The van der Waals surface area contributed by atoms with Gasteiger partial charge in [0, 0.05) is 12.2 Å². The smallest absolute Gasteiger partial charge is 0.241 e. The molecule has 0 aliphatic heterocycles. The van der Waals surface area contributed by atoms with Gasteiger partial charge in [0.1, 0.15) is 0 Å². The monoisotopic (exact) mass is 300 g/mol. The number of aryl methyl sites for hydroxylation is 2. The summed E-state index contributed by atoms with van der Waals surface area (Å²) in [6, 6.07) is 1.76. The van der Waals surface area contributed by atoms with Gasteiger partial charge in [-0.1, -0.05) is 13.0 Å². The van der Waals surface area contributed by atoms with E-state index in [1.807, 2.05) is 6.92 Å². The predicted molar refractivity (Wildman–Crippen MR) is 81.2 cm³/mol. The number of benzene rings is 1. The average Bonchev–Trinajstić information content (AvgIpc) is 2.34. The third-order valence-corrected chi connectivity index (χ3v) is 5.32. The van der Waals surface area contributed by atoms with Crippen LogP contribution in [0.3, 0.4) is 0 Å². The van der Waals surface area contributed by atoms with Gasteiger partial charge < -0.3 is 10.8 Å². The van der Waals surface area contributed by atoms with Gasteiger partial charge in [-0.05, 0) is 50.8 Å². The molecular weight excluding hydrogens is 276 g/mol. The minimum atomic E-state index is -3.69. The molecule has 0 heterocycles. The molecule has 0 aliphatic rings. The van der Waals surface area contributed by atoms with Crippen LogP contribution in [0.15, 0.2) is 11.0 Å². The largest absolute Gasteiger partial charge is 0.398 e. The first-order chi connectivity index (χ1) is 9.02. The number of nitrogens with one attached hydrogen (secondary N) is 1. The van der Waals surface area contributed by atoms with Gasteiger partial charge in [-0.3, -0.25) is 0 Å². The second kappa shape index (κ2) is 5.71. The molecule has 1 aromatic carbocycles. The quantitative estimate of drug-likeness (QED) is 0.721. The van der Waals surface area contributed by atoms with Crippen molar-refractivity contribution in [3.05, 3.63) is 22.8 Å². The molecule has 114 valence electrons. The topological polar surface area (TPSA) is 92.4 Å². The number of nitrogens with two attached hydrogens (primary N) is 1. The first-order valence-electron chi connectivity index (χ1n) is 6.60. The van der Waals surface area contributed by atoms with Gasteiger partial charge in [0.15, 0.2) is 0 Å². The van der Waals surface area contributed by atoms with Crippen LogP contribution in [0.5, 0.6) is 0 Å². The summed E-state index contributed by atoms with van der Waals surface area (Å²) >= 11 is 0. The average molecular weight is 300 g/mol. The highest BCUT2D eigenvalue weighted by Gasteiger charge is 2.25. The zero-order valence-corrected chi connectivity index (χ0v) is 13.6. The van der Waals surface area contributed by atoms with E-state index in [1.54, 1.807) is 33.8 Å². The molecule has 0 aliphatic carbocycles. The molecule has 1 unspecified atom stereocenters. The van der Waals surface area contributed by atoms with Crippen LogP contribution in [-0.2, 0) is 10.0 Å². The molecule has 1 atom stereocenters. The zero-order valence-electron chi connectivity index (χ0n) is 12.7. The Labute approximate surface area is 121 Å². The number of sulfonamides is 1. The Balaban J connectivity index is 3.21. The SMILES string of the molecule is CCC(C)(O)CNS(=O)(=O)c1c(C)cc(C)c(N)c1C. The van der Waals surface area contributed by atoms with E-state index in [-0.39, 0.29) is 11.4 Å². The third kappa shape index (κ3) is 3.50. The van der Waals surface area contributed by atoms with Crippen molar-refractivity contribution in [2.75, 3.05) is 12.3 Å². The van der Waals surface area contributed by atoms with Gasteiger partial charge in [-0.2, -0.15) is 0 Å². The van der Waals surface area contributed by atoms with Gasteiger partial charge in [0.05, 0.1) is 10.5 Å². The van der Waals surface area contributed by atoms with Gasteiger partial charge in [-0.25, -0.2) is 13.1 Å². The molecule has 0 fully saturated rings.